The van der Waals surface area contributed by atoms with Crippen LogP contribution in [-0.2, 0) is 0 Å². The van der Waals surface area contributed by atoms with Crippen LogP contribution in [0.3, 0.4) is 0 Å². The van der Waals surface area contributed by atoms with Crippen LogP contribution in [0.5, 0.6) is 0 Å². The van der Waals surface area contributed by atoms with Gasteiger partial charge in [-0.15, -0.1) is 0 Å². The first kappa shape index (κ1) is 16.9. The normalized spacial score (nSPS) is 15.0. The van der Waals surface area contributed by atoms with Crippen LogP contribution in [0, 0.1) is 11.3 Å². The summed E-state index contributed by atoms with van der Waals surface area (Å²) in [6.07, 6.45) is 0. The first-order valence-electron chi connectivity index (χ1n) is 7.15. The molecule has 0 rings (SSSR count). The Hall–Kier alpha value is -0.0800. The summed E-state index contributed by atoms with van der Waals surface area (Å²) in [4.78, 5) is 2.60. The predicted octanol–water partition coefficient (Wildman–Crippen LogP) is 3.38. The fourth-order valence-electron chi connectivity index (χ4n) is 2.09. The number of hydrogen-bond donors (Lipinski definition) is 1. The van der Waals surface area contributed by atoms with Crippen molar-refractivity contribution in [3.8, 4) is 0 Å². The first-order chi connectivity index (χ1) is 7.68. The van der Waals surface area contributed by atoms with Crippen molar-refractivity contribution in [1.82, 2.24) is 10.2 Å². The molecule has 0 saturated carbocycles. The maximum absolute atomic E-state index is 3.64. The van der Waals surface area contributed by atoms with Gasteiger partial charge < -0.3 is 5.32 Å². The molecule has 0 aliphatic heterocycles. The Morgan fingerprint density at radius 1 is 1.00 bits per heavy atom. The van der Waals surface area contributed by atoms with Crippen LogP contribution in [0.1, 0.15) is 55.4 Å². The molecule has 0 spiro atoms. The molecule has 0 heterocycles. The molecule has 0 aromatic heterocycles. The minimum Gasteiger partial charge on any atom is -0.312 e. The zero-order valence-electron chi connectivity index (χ0n) is 13.3. The second-order valence-corrected chi connectivity index (χ2v) is 6.92. The highest BCUT2D eigenvalue weighted by atomic mass is 15.2. The summed E-state index contributed by atoms with van der Waals surface area (Å²) in [7, 11) is 0. The van der Waals surface area contributed by atoms with Gasteiger partial charge in [0.2, 0.25) is 0 Å². The van der Waals surface area contributed by atoms with E-state index in [9.17, 15) is 0 Å². The molecule has 2 nitrogen and oxygen atoms in total. The van der Waals surface area contributed by atoms with Crippen molar-refractivity contribution < 1.29 is 0 Å². The van der Waals surface area contributed by atoms with Gasteiger partial charge in [0.05, 0.1) is 0 Å². The number of rotatable bonds is 7. The summed E-state index contributed by atoms with van der Waals surface area (Å²) >= 11 is 0. The zero-order chi connectivity index (χ0) is 13.6. The predicted molar refractivity (Wildman–Crippen MR) is 78.5 cm³/mol. The van der Waals surface area contributed by atoms with E-state index in [0.717, 1.165) is 19.0 Å². The number of nitrogens with one attached hydrogen (secondary N) is 1. The van der Waals surface area contributed by atoms with Gasteiger partial charge in [0.1, 0.15) is 0 Å². The Bertz CT molecular complexity index is 192. The van der Waals surface area contributed by atoms with E-state index < -0.39 is 0 Å². The van der Waals surface area contributed by atoms with E-state index in [1.165, 1.54) is 6.54 Å². The van der Waals surface area contributed by atoms with Crippen molar-refractivity contribution in [2.75, 3.05) is 19.6 Å². The Kier molecular flexibility index (Phi) is 7.34. The largest absolute Gasteiger partial charge is 0.312 e. The van der Waals surface area contributed by atoms with E-state index in [1.54, 1.807) is 0 Å². The SMILES string of the molecule is CCNC(CN(CC(C)C)C(C)C)C(C)(C)C. The van der Waals surface area contributed by atoms with Crippen LogP contribution in [0.2, 0.25) is 0 Å². The molecular weight excluding hydrogens is 208 g/mol. The van der Waals surface area contributed by atoms with E-state index in [4.69, 9.17) is 0 Å². The van der Waals surface area contributed by atoms with Gasteiger partial charge in [-0.2, -0.15) is 0 Å². The van der Waals surface area contributed by atoms with E-state index in [0.29, 0.717) is 17.5 Å². The van der Waals surface area contributed by atoms with Crippen LogP contribution < -0.4 is 5.32 Å². The molecule has 0 aromatic carbocycles. The number of likely N-dealkylation sites (N-methyl/N-ethyl adjacent to an activating group) is 1. The highest BCUT2D eigenvalue weighted by Gasteiger charge is 2.26. The highest BCUT2D eigenvalue weighted by molar-refractivity contribution is 4.84. The van der Waals surface area contributed by atoms with E-state index in [2.05, 4.69) is 65.6 Å². The molecule has 0 fully saturated rings. The van der Waals surface area contributed by atoms with Gasteiger partial charge in [-0.05, 0) is 31.7 Å². The van der Waals surface area contributed by atoms with Crippen LogP contribution >= 0.6 is 0 Å². The summed E-state index contributed by atoms with van der Waals surface area (Å²) in [6.45, 7) is 21.8. The Morgan fingerprint density at radius 3 is 1.82 bits per heavy atom. The van der Waals surface area contributed by atoms with E-state index >= 15 is 0 Å². The number of hydrogen-bond acceptors (Lipinski definition) is 2. The van der Waals surface area contributed by atoms with Crippen molar-refractivity contribution >= 4 is 0 Å². The smallest absolute Gasteiger partial charge is 0.0243 e. The van der Waals surface area contributed by atoms with Gasteiger partial charge >= 0.3 is 0 Å². The average Bonchev–Trinajstić information content (AvgIpc) is 2.13. The van der Waals surface area contributed by atoms with E-state index in [-0.39, 0.29) is 0 Å². The number of nitrogens with zero attached hydrogens (tertiary/aromatic N) is 1. The molecule has 17 heavy (non-hydrogen) atoms. The molecule has 104 valence electrons. The van der Waals surface area contributed by atoms with Crippen molar-refractivity contribution in [3.05, 3.63) is 0 Å². The molecule has 1 atom stereocenters. The summed E-state index contributed by atoms with van der Waals surface area (Å²) in [5.74, 6) is 0.736. The molecule has 0 bridgehead atoms. The summed E-state index contributed by atoms with van der Waals surface area (Å²) in [5, 5.41) is 3.64. The molecule has 0 aliphatic carbocycles. The minimum atomic E-state index is 0.320. The summed E-state index contributed by atoms with van der Waals surface area (Å²) in [5.41, 5.74) is 0.320. The second kappa shape index (κ2) is 7.38. The van der Waals surface area contributed by atoms with Crippen molar-refractivity contribution in [1.29, 1.82) is 0 Å². The van der Waals surface area contributed by atoms with Crippen LogP contribution in [-0.4, -0.2) is 36.6 Å². The Morgan fingerprint density at radius 2 is 1.53 bits per heavy atom. The molecule has 1 unspecified atom stereocenters. The third-order valence-electron chi connectivity index (χ3n) is 3.24. The lowest BCUT2D eigenvalue weighted by atomic mass is 9.86. The van der Waals surface area contributed by atoms with E-state index in [1.807, 2.05) is 0 Å². The van der Waals surface area contributed by atoms with Crippen molar-refractivity contribution in [3.63, 3.8) is 0 Å². The van der Waals surface area contributed by atoms with Crippen LogP contribution in [0.15, 0.2) is 0 Å². The maximum Gasteiger partial charge on any atom is 0.0243 e. The molecule has 0 aromatic rings. The maximum atomic E-state index is 3.64. The second-order valence-electron chi connectivity index (χ2n) is 6.92. The van der Waals surface area contributed by atoms with Gasteiger partial charge in [-0.1, -0.05) is 41.5 Å². The molecule has 0 aliphatic rings. The van der Waals surface area contributed by atoms with Gasteiger partial charge in [0, 0.05) is 25.2 Å². The van der Waals surface area contributed by atoms with Crippen LogP contribution in [0.4, 0.5) is 0 Å². The lowest BCUT2D eigenvalue weighted by Gasteiger charge is -2.38. The Balaban J connectivity index is 4.56. The fraction of sp³-hybridized carbons (Fsp3) is 1.00. The Labute approximate surface area is 109 Å². The lowest BCUT2D eigenvalue weighted by molar-refractivity contribution is 0.135. The topological polar surface area (TPSA) is 15.3 Å². The minimum absolute atomic E-state index is 0.320. The quantitative estimate of drug-likeness (QED) is 0.736. The fourth-order valence-corrected chi connectivity index (χ4v) is 2.09. The molecule has 0 amide bonds. The first-order valence-corrected chi connectivity index (χ1v) is 7.15. The highest BCUT2D eigenvalue weighted by Crippen LogP contribution is 2.21. The molecular formula is C15H34N2. The third-order valence-corrected chi connectivity index (χ3v) is 3.24. The molecule has 0 radical (unpaired) electrons. The van der Waals surface area contributed by atoms with Crippen LogP contribution in [0.25, 0.3) is 0 Å². The van der Waals surface area contributed by atoms with Crippen molar-refractivity contribution in [2.45, 2.75) is 67.5 Å². The molecule has 0 saturated heterocycles. The molecule has 2 heteroatoms. The van der Waals surface area contributed by atoms with Gasteiger partial charge in [0.25, 0.3) is 0 Å². The monoisotopic (exact) mass is 242 g/mol. The van der Waals surface area contributed by atoms with Gasteiger partial charge in [0.15, 0.2) is 0 Å². The summed E-state index contributed by atoms with van der Waals surface area (Å²) in [6, 6.07) is 1.19. The molecule has 1 N–H and O–H groups in total. The van der Waals surface area contributed by atoms with Crippen molar-refractivity contribution in [2.24, 2.45) is 11.3 Å². The zero-order valence-corrected chi connectivity index (χ0v) is 13.3. The summed E-state index contributed by atoms with van der Waals surface area (Å²) < 4.78 is 0. The standard InChI is InChI=1S/C15H34N2/c1-9-16-14(15(6,7)8)11-17(13(4)5)10-12(2)3/h12-14,16H,9-11H2,1-8H3. The lowest BCUT2D eigenvalue weighted by Crippen LogP contribution is -2.50. The average molecular weight is 242 g/mol. The van der Waals surface area contributed by atoms with Gasteiger partial charge in [-0.25, -0.2) is 0 Å². The third kappa shape index (κ3) is 7.05. The van der Waals surface area contributed by atoms with Gasteiger partial charge in [-0.3, -0.25) is 4.90 Å².